The van der Waals surface area contributed by atoms with Crippen LogP contribution in [0.1, 0.15) is 66.2 Å². The molecule has 0 nitrogen and oxygen atoms in total. The summed E-state index contributed by atoms with van der Waals surface area (Å²) in [4.78, 5) is 0. The van der Waals surface area contributed by atoms with E-state index in [9.17, 15) is 0 Å². The molecule has 13 heavy (non-hydrogen) atoms. The molecule has 0 N–H and O–H groups in total. The summed E-state index contributed by atoms with van der Waals surface area (Å²) in [7, 11) is 0. The van der Waals surface area contributed by atoms with Crippen LogP contribution in [0.25, 0.3) is 0 Å². The Morgan fingerprint density at radius 1 is 1.15 bits per heavy atom. The van der Waals surface area contributed by atoms with Gasteiger partial charge in [0.05, 0.1) is 0 Å². The molecule has 0 aromatic heterocycles. The molecule has 0 saturated heterocycles. The number of hydrogen-bond acceptors (Lipinski definition) is 0. The largest absolute Gasteiger partial charge is 0.0853 e. The van der Waals surface area contributed by atoms with Gasteiger partial charge in [-0.2, -0.15) is 0 Å². The van der Waals surface area contributed by atoms with E-state index in [4.69, 9.17) is 0 Å². The molecule has 0 heterocycles. The molecule has 0 saturated carbocycles. The molecule has 0 aliphatic rings. The Labute approximate surface area is 84.4 Å². The van der Waals surface area contributed by atoms with Crippen LogP contribution in [0.4, 0.5) is 0 Å². The van der Waals surface area contributed by atoms with Crippen molar-refractivity contribution in [3.63, 3.8) is 0 Å². The molecular formula is C13H26. The summed E-state index contributed by atoms with van der Waals surface area (Å²) < 4.78 is 0. The van der Waals surface area contributed by atoms with E-state index in [0.717, 1.165) is 5.92 Å². The van der Waals surface area contributed by atoms with Gasteiger partial charge in [0.15, 0.2) is 0 Å². The second-order valence-electron chi connectivity index (χ2n) is 4.13. The first-order chi connectivity index (χ1) is 6.22. The summed E-state index contributed by atoms with van der Waals surface area (Å²) in [6, 6.07) is 0. The molecule has 0 heteroatoms. The summed E-state index contributed by atoms with van der Waals surface area (Å²) in [5, 5.41) is 0. The van der Waals surface area contributed by atoms with Crippen LogP contribution in [0.15, 0.2) is 11.6 Å². The fourth-order valence-electron chi connectivity index (χ4n) is 1.59. The highest BCUT2D eigenvalue weighted by Gasteiger charge is 2.01. The third kappa shape index (κ3) is 6.86. The van der Waals surface area contributed by atoms with E-state index < -0.39 is 0 Å². The molecule has 1 atom stereocenters. The van der Waals surface area contributed by atoms with Gasteiger partial charge in [-0.25, -0.2) is 0 Å². The van der Waals surface area contributed by atoms with Crippen molar-refractivity contribution in [1.29, 1.82) is 0 Å². The monoisotopic (exact) mass is 182 g/mol. The van der Waals surface area contributed by atoms with Crippen molar-refractivity contribution >= 4 is 0 Å². The van der Waals surface area contributed by atoms with Crippen molar-refractivity contribution in [3.05, 3.63) is 11.6 Å². The van der Waals surface area contributed by atoms with E-state index in [1.165, 1.54) is 38.5 Å². The van der Waals surface area contributed by atoms with Gasteiger partial charge in [0, 0.05) is 0 Å². The van der Waals surface area contributed by atoms with Gasteiger partial charge in [0.2, 0.25) is 0 Å². The Balaban J connectivity index is 3.60. The van der Waals surface area contributed by atoms with Crippen molar-refractivity contribution in [2.75, 3.05) is 0 Å². The molecule has 0 radical (unpaired) electrons. The topological polar surface area (TPSA) is 0 Å². The van der Waals surface area contributed by atoms with E-state index in [1.807, 2.05) is 0 Å². The van der Waals surface area contributed by atoms with Crippen LogP contribution in [0.5, 0.6) is 0 Å². The smallest absolute Gasteiger partial charge is 0.0235 e. The second kappa shape index (κ2) is 8.34. The Bertz CT molecular complexity index is 133. The van der Waals surface area contributed by atoms with Crippen LogP contribution in [0, 0.1) is 5.92 Å². The van der Waals surface area contributed by atoms with E-state index in [1.54, 1.807) is 5.57 Å². The quantitative estimate of drug-likeness (QED) is 0.386. The molecule has 1 unspecified atom stereocenters. The Hall–Kier alpha value is -0.260. The first kappa shape index (κ1) is 12.7. The second-order valence-corrected chi connectivity index (χ2v) is 4.13. The SMILES string of the molecule is CCCCCC=C(C)C(C)CCC. The zero-order valence-electron chi connectivity index (χ0n) is 9.90. The molecule has 0 fully saturated rings. The predicted octanol–water partition coefficient (Wildman–Crippen LogP) is 4.95. The highest BCUT2D eigenvalue weighted by atomic mass is 14.1. The van der Waals surface area contributed by atoms with Gasteiger partial charge >= 0.3 is 0 Å². The fourth-order valence-corrected chi connectivity index (χ4v) is 1.59. The number of rotatable bonds is 7. The van der Waals surface area contributed by atoms with Crippen molar-refractivity contribution < 1.29 is 0 Å². The Kier molecular flexibility index (Phi) is 8.18. The van der Waals surface area contributed by atoms with Crippen LogP contribution in [0.3, 0.4) is 0 Å². The maximum atomic E-state index is 2.44. The Morgan fingerprint density at radius 3 is 2.38 bits per heavy atom. The average Bonchev–Trinajstić information content (AvgIpc) is 2.12. The molecule has 0 aromatic rings. The van der Waals surface area contributed by atoms with Crippen molar-refractivity contribution in [3.8, 4) is 0 Å². The highest BCUT2D eigenvalue weighted by Crippen LogP contribution is 2.16. The van der Waals surface area contributed by atoms with Gasteiger partial charge in [-0.15, -0.1) is 0 Å². The summed E-state index contributed by atoms with van der Waals surface area (Å²) in [5.74, 6) is 0.798. The van der Waals surface area contributed by atoms with Gasteiger partial charge in [0.1, 0.15) is 0 Å². The van der Waals surface area contributed by atoms with Crippen LogP contribution in [-0.4, -0.2) is 0 Å². The summed E-state index contributed by atoms with van der Waals surface area (Å²) in [5.41, 5.74) is 1.60. The lowest BCUT2D eigenvalue weighted by Gasteiger charge is -2.10. The Morgan fingerprint density at radius 2 is 1.85 bits per heavy atom. The third-order valence-corrected chi connectivity index (χ3v) is 2.77. The first-order valence-corrected chi connectivity index (χ1v) is 5.89. The predicted molar refractivity (Wildman–Crippen MR) is 62.0 cm³/mol. The minimum absolute atomic E-state index is 0.798. The lowest BCUT2D eigenvalue weighted by atomic mass is 9.96. The molecular weight excluding hydrogens is 156 g/mol. The van der Waals surface area contributed by atoms with E-state index in [-0.39, 0.29) is 0 Å². The molecule has 0 aromatic carbocycles. The maximum Gasteiger partial charge on any atom is -0.0235 e. The summed E-state index contributed by atoms with van der Waals surface area (Å²) in [6.07, 6.45) is 10.5. The van der Waals surface area contributed by atoms with Crippen molar-refractivity contribution in [1.82, 2.24) is 0 Å². The molecule has 0 rings (SSSR count). The van der Waals surface area contributed by atoms with Crippen LogP contribution in [0.2, 0.25) is 0 Å². The fraction of sp³-hybridized carbons (Fsp3) is 0.846. The zero-order chi connectivity index (χ0) is 10.1. The van der Waals surface area contributed by atoms with E-state index in [2.05, 4.69) is 33.8 Å². The first-order valence-electron chi connectivity index (χ1n) is 5.89. The molecule has 0 spiro atoms. The van der Waals surface area contributed by atoms with Crippen LogP contribution >= 0.6 is 0 Å². The van der Waals surface area contributed by atoms with Crippen molar-refractivity contribution in [2.45, 2.75) is 66.2 Å². The lowest BCUT2D eigenvalue weighted by molar-refractivity contribution is 0.596. The van der Waals surface area contributed by atoms with Crippen molar-refractivity contribution in [2.24, 2.45) is 5.92 Å². The number of unbranched alkanes of at least 4 members (excludes halogenated alkanes) is 3. The maximum absolute atomic E-state index is 2.44. The van der Waals surface area contributed by atoms with Gasteiger partial charge in [0.25, 0.3) is 0 Å². The average molecular weight is 182 g/mol. The minimum Gasteiger partial charge on any atom is -0.0853 e. The van der Waals surface area contributed by atoms with Gasteiger partial charge in [-0.05, 0) is 32.1 Å². The number of allylic oxidation sites excluding steroid dienone is 2. The van der Waals surface area contributed by atoms with Gasteiger partial charge in [-0.3, -0.25) is 0 Å². The number of hydrogen-bond donors (Lipinski definition) is 0. The van der Waals surface area contributed by atoms with E-state index in [0.29, 0.717) is 0 Å². The highest BCUT2D eigenvalue weighted by molar-refractivity contribution is 5.01. The standard InChI is InChI=1S/C13H26/c1-5-7-8-9-11-13(4)12(3)10-6-2/h11-12H,5-10H2,1-4H3. The lowest BCUT2D eigenvalue weighted by Crippen LogP contribution is -1.95. The molecule has 0 bridgehead atoms. The molecule has 78 valence electrons. The van der Waals surface area contributed by atoms with Crippen LogP contribution in [-0.2, 0) is 0 Å². The van der Waals surface area contributed by atoms with Crippen LogP contribution < -0.4 is 0 Å². The molecule has 0 amide bonds. The van der Waals surface area contributed by atoms with E-state index >= 15 is 0 Å². The van der Waals surface area contributed by atoms with Gasteiger partial charge < -0.3 is 0 Å². The summed E-state index contributed by atoms with van der Waals surface area (Å²) >= 11 is 0. The molecule has 0 aliphatic carbocycles. The third-order valence-electron chi connectivity index (χ3n) is 2.77. The minimum atomic E-state index is 0.798. The normalized spacial score (nSPS) is 14.6. The molecule has 0 aliphatic heterocycles. The van der Waals surface area contributed by atoms with Gasteiger partial charge in [-0.1, -0.05) is 51.7 Å². The summed E-state index contributed by atoms with van der Waals surface area (Å²) in [6.45, 7) is 9.15. The zero-order valence-corrected chi connectivity index (χ0v) is 9.90.